The molecule has 0 radical (unpaired) electrons. The van der Waals surface area contributed by atoms with Crippen LogP contribution in [0, 0.1) is 5.92 Å². The number of carbonyl (C=O) groups is 1. The molecule has 0 saturated carbocycles. The first kappa shape index (κ1) is 24.0. The van der Waals surface area contributed by atoms with E-state index >= 15 is 0 Å². The Bertz CT molecular complexity index is 1100. The molecule has 3 heterocycles. The third-order valence-corrected chi connectivity index (χ3v) is 6.40. The zero-order valence-corrected chi connectivity index (χ0v) is 20.1. The van der Waals surface area contributed by atoms with Crippen molar-refractivity contribution in [1.29, 1.82) is 0 Å². The molecule has 1 aromatic carbocycles. The van der Waals surface area contributed by atoms with Gasteiger partial charge in [0.05, 0.1) is 17.4 Å². The molecule has 3 aromatic rings. The molecule has 9 heteroatoms. The predicted octanol–water partition coefficient (Wildman–Crippen LogP) is 4.08. The monoisotopic (exact) mass is 480 g/mol. The highest BCUT2D eigenvalue weighted by atomic mass is 32.2. The maximum atomic E-state index is 11.9. The van der Waals surface area contributed by atoms with Gasteiger partial charge in [0.25, 0.3) is 5.91 Å². The number of carbonyl (C=O) groups excluding carboxylic acids is 1. The van der Waals surface area contributed by atoms with Crippen LogP contribution < -0.4 is 15.4 Å². The van der Waals surface area contributed by atoms with Crippen LogP contribution in [0.15, 0.2) is 59.8 Å². The summed E-state index contributed by atoms with van der Waals surface area (Å²) in [6.45, 7) is 3.93. The van der Waals surface area contributed by atoms with Gasteiger partial charge in [-0.1, -0.05) is 0 Å². The van der Waals surface area contributed by atoms with Crippen molar-refractivity contribution in [3.63, 3.8) is 0 Å². The Morgan fingerprint density at radius 1 is 1.21 bits per heavy atom. The molecule has 1 aliphatic rings. The topological polar surface area (TPSA) is 108 Å². The molecular formula is C25H28N4O4S. The van der Waals surface area contributed by atoms with Crippen LogP contribution in [0.3, 0.4) is 0 Å². The fraction of sp³-hybridized carbons (Fsp3) is 0.320. The van der Waals surface area contributed by atoms with Crippen LogP contribution in [0.2, 0.25) is 0 Å². The number of anilines is 2. The van der Waals surface area contributed by atoms with Crippen LogP contribution >= 0.6 is 0 Å². The van der Waals surface area contributed by atoms with Crippen molar-refractivity contribution >= 4 is 28.6 Å². The lowest BCUT2D eigenvalue weighted by Crippen LogP contribution is -2.22. The predicted molar refractivity (Wildman–Crippen MR) is 131 cm³/mol. The van der Waals surface area contributed by atoms with Gasteiger partial charge in [0.2, 0.25) is 5.88 Å². The number of nitrogens with zero attached hydrogens (tertiary/aromatic N) is 2. The molecule has 178 valence electrons. The van der Waals surface area contributed by atoms with Crippen molar-refractivity contribution in [1.82, 2.24) is 15.3 Å². The van der Waals surface area contributed by atoms with Gasteiger partial charge in [0, 0.05) is 31.5 Å². The second-order valence-electron chi connectivity index (χ2n) is 8.07. The van der Waals surface area contributed by atoms with Crippen LogP contribution in [0.4, 0.5) is 11.5 Å². The fourth-order valence-electron chi connectivity index (χ4n) is 3.68. The summed E-state index contributed by atoms with van der Waals surface area (Å²) < 4.78 is 23.3. The number of ether oxygens (including phenoxy) is 2. The van der Waals surface area contributed by atoms with E-state index in [2.05, 4.69) is 20.6 Å². The minimum atomic E-state index is -1.04. The number of aromatic nitrogens is 2. The second-order valence-corrected chi connectivity index (χ2v) is 9.45. The standard InChI is InChI=1S/C25H28N4O4S/c1-3-26-24(30)18-4-9-23(27-14-18)29-20-13-19(12-17-10-11-32-16-17)25(28-15-20)33-21-5-7-22(8-6-21)34(2)31/h4-9,13-15,17H,3,10-12,16H2,1-2H3,(H,26,30)(H,27,29). The van der Waals surface area contributed by atoms with E-state index in [-0.39, 0.29) is 5.91 Å². The van der Waals surface area contributed by atoms with Crippen molar-refractivity contribution in [3.05, 3.63) is 66.0 Å². The fourth-order valence-corrected chi connectivity index (χ4v) is 4.20. The number of hydrogen-bond acceptors (Lipinski definition) is 7. The summed E-state index contributed by atoms with van der Waals surface area (Å²) >= 11 is -1.04. The maximum Gasteiger partial charge on any atom is 0.252 e. The van der Waals surface area contributed by atoms with Gasteiger partial charge in [-0.05, 0) is 79.3 Å². The van der Waals surface area contributed by atoms with Gasteiger partial charge in [-0.15, -0.1) is 0 Å². The van der Waals surface area contributed by atoms with E-state index in [9.17, 15) is 9.35 Å². The van der Waals surface area contributed by atoms with Crippen LogP contribution in [0.1, 0.15) is 29.3 Å². The van der Waals surface area contributed by atoms with Gasteiger partial charge in [-0.25, -0.2) is 9.97 Å². The van der Waals surface area contributed by atoms with Crippen LogP contribution in [-0.4, -0.2) is 46.4 Å². The highest BCUT2D eigenvalue weighted by Gasteiger charge is 2.20. The molecule has 8 nitrogen and oxygen atoms in total. The van der Waals surface area contributed by atoms with Crippen molar-refractivity contribution in [2.75, 3.05) is 31.3 Å². The minimum absolute atomic E-state index is 0.149. The SMILES string of the molecule is CCNC(=O)c1ccc(Nc2cnc(Oc3ccc([S+](C)[O-])cc3)c(CC3CCOC3)c2)nc1. The quantitative estimate of drug-likeness (QED) is 0.444. The van der Waals surface area contributed by atoms with Gasteiger partial charge < -0.3 is 24.7 Å². The first-order valence-electron chi connectivity index (χ1n) is 11.2. The molecule has 1 fully saturated rings. The molecule has 2 N–H and O–H groups in total. The van der Waals surface area contributed by atoms with Crippen molar-refractivity contribution in [2.45, 2.75) is 24.7 Å². The number of rotatable bonds is 9. The summed E-state index contributed by atoms with van der Waals surface area (Å²) in [5.41, 5.74) is 2.24. The Kier molecular flexibility index (Phi) is 7.99. The van der Waals surface area contributed by atoms with Crippen LogP contribution in [-0.2, 0) is 22.3 Å². The van der Waals surface area contributed by atoms with E-state index in [4.69, 9.17) is 9.47 Å². The summed E-state index contributed by atoms with van der Waals surface area (Å²) in [6, 6.07) is 12.7. The third kappa shape index (κ3) is 6.25. The Balaban J connectivity index is 1.52. The first-order valence-corrected chi connectivity index (χ1v) is 12.8. The average Bonchev–Trinajstić information content (AvgIpc) is 3.35. The van der Waals surface area contributed by atoms with Gasteiger partial charge in [0.15, 0.2) is 4.90 Å². The number of nitrogens with one attached hydrogen (secondary N) is 2. The van der Waals surface area contributed by atoms with E-state index in [0.29, 0.717) is 35.5 Å². The van der Waals surface area contributed by atoms with E-state index in [1.165, 1.54) is 0 Å². The molecule has 2 aromatic heterocycles. The molecule has 0 bridgehead atoms. The molecular weight excluding hydrogens is 452 g/mol. The van der Waals surface area contributed by atoms with E-state index in [0.717, 1.165) is 42.2 Å². The lowest BCUT2D eigenvalue weighted by Gasteiger charge is -2.15. The number of hydrogen-bond donors (Lipinski definition) is 2. The largest absolute Gasteiger partial charge is 0.612 e. The Hall–Kier alpha value is -3.14. The highest BCUT2D eigenvalue weighted by Crippen LogP contribution is 2.30. The average molecular weight is 481 g/mol. The normalized spacial score (nSPS) is 16.1. The molecule has 1 aliphatic heterocycles. The van der Waals surface area contributed by atoms with E-state index in [1.807, 2.05) is 13.0 Å². The van der Waals surface area contributed by atoms with E-state index < -0.39 is 11.2 Å². The van der Waals surface area contributed by atoms with Gasteiger partial charge in [-0.3, -0.25) is 4.79 Å². The summed E-state index contributed by atoms with van der Waals surface area (Å²) in [5, 5.41) is 6.01. The smallest absolute Gasteiger partial charge is 0.252 e. The molecule has 0 spiro atoms. The molecule has 2 atom stereocenters. The summed E-state index contributed by atoms with van der Waals surface area (Å²) in [7, 11) is 0. The van der Waals surface area contributed by atoms with Crippen molar-refractivity contribution in [2.24, 2.45) is 5.92 Å². The number of benzene rings is 1. The Labute approximate surface area is 202 Å². The molecule has 4 rings (SSSR count). The lowest BCUT2D eigenvalue weighted by atomic mass is 9.99. The van der Waals surface area contributed by atoms with Crippen molar-refractivity contribution < 1.29 is 18.8 Å². The summed E-state index contributed by atoms with van der Waals surface area (Å²) in [6.07, 6.45) is 6.66. The van der Waals surface area contributed by atoms with Gasteiger partial charge in [0.1, 0.15) is 17.8 Å². The third-order valence-electron chi connectivity index (χ3n) is 5.46. The van der Waals surface area contributed by atoms with Crippen LogP contribution in [0.25, 0.3) is 0 Å². The van der Waals surface area contributed by atoms with Gasteiger partial charge >= 0.3 is 0 Å². The number of amides is 1. The maximum absolute atomic E-state index is 11.9. The summed E-state index contributed by atoms with van der Waals surface area (Å²) in [4.78, 5) is 21.6. The lowest BCUT2D eigenvalue weighted by molar-refractivity contribution is 0.0955. The molecule has 0 aliphatic carbocycles. The van der Waals surface area contributed by atoms with Crippen molar-refractivity contribution in [3.8, 4) is 11.6 Å². The van der Waals surface area contributed by atoms with Gasteiger partial charge in [-0.2, -0.15) is 0 Å². The minimum Gasteiger partial charge on any atom is -0.612 e. The second kappa shape index (κ2) is 11.3. The zero-order valence-electron chi connectivity index (χ0n) is 19.2. The molecule has 1 amide bonds. The Morgan fingerprint density at radius 2 is 2.03 bits per heavy atom. The van der Waals surface area contributed by atoms with Crippen LogP contribution in [0.5, 0.6) is 11.6 Å². The van der Waals surface area contributed by atoms with E-state index in [1.54, 1.807) is 55.0 Å². The molecule has 1 saturated heterocycles. The first-order chi connectivity index (χ1) is 16.5. The zero-order chi connectivity index (χ0) is 23.9. The molecule has 2 unspecified atom stereocenters. The highest BCUT2D eigenvalue weighted by molar-refractivity contribution is 7.90. The Morgan fingerprint density at radius 3 is 2.68 bits per heavy atom. The summed E-state index contributed by atoms with van der Waals surface area (Å²) in [5.74, 6) is 2.03. The molecule has 34 heavy (non-hydrogen) atoms. The number of pyridine rings is 2.